The second kappa shape index (κ2) is 6.80. The Hall–Kier alpha value is -1.69. The molecule has 0 fully saturated rings. The van der Waals surface area contributed by atoms with E-state index in [0.29, 0.717) is 13.0 Å². The average molecular weight is 237 g/mol. The molecule has 1 aromatic rings. The first-order chi connectivity index (χ1) is 8.15. The molecule has 0 bridgehead atoms. The largest absolute Gasteiger partial charge is 0.409 e. The van der Waals surface area contributed by atoms with Crippen molar-refractivity contribution in [2.75, 3.05) is 0 Å². The molecule has 0 aliphatic carbocycles. The third-order valence-corrected chi connectivity index (χ3v) is 2.48. The minimum absolute atomic E-state index is 0.182. The van der Waals surface area contributed by atoms with Gasteiger partial charge in [-0.15, -0.1) is 0 Å². The van der Waals surface area contributed by atoms with Crippen LogP contribution in [0.4, 0.5) is 0 Å². The van der Waals surface area contributed by atoms with Crippen molar-refractivity contribution in [3.05, 3.63) is 23.8 Å². The van der Waals surface area contributed by atoms with Gasteiger partial charge in [0.25, 0.3) is 0 Å². The summed E-state index contributed by atoms with van der Waals surface area (Å²) >= 11 is 0. The molecule has 0 aromatic carbocycles. The van der Waals surface area contributed by atoms with E-state index < -0.39 is 0 Å². The van der Waals surface area contributed by atoms with Crippen LogP contribution >= 0.6 is 0 Å². The number of nitrogens with two attached hydrogens (primary N) is 1. The first-order valence-corrected chi connectivity index (χ1v) is 5.64. The molecular formula is C11H19N5O. The molecule has 0 aliphatic heterocycles. The number of amidine groups is 1. The molecule has 6 heteroatoms. The van der Waals surface area contributed by atoms with Gasteiger partial charge >= 0.3 is 0 Å². The van der Waals surface area contributed by atoms with Crippen LogP contribution < -0.4 is 11.1 Å². The van der Waals surface area contributed by atoms with Gasteiger partial charge < -0.3 is 16.3 Å². The molecule has 0 aliphatic rings. The third kappa shape index (κ3) is 4.78. The summed E-state index contributed by atoms with van der Waals surface area (Å²) in [5.74, 6) is 0.997. The van der Waals surface area contributed by atoms with Crippen LogP contribution in [0.15, 0.2) is 17.4 Å². The summed E-state index contributed by atoms with van der Waals surface area (Å²) in [4.78, 5) is 8.33. The first kappa shape index (κ1) is 13.4. The molecule has 0 saturated carbocycles. The van der Waals surface area contributed by atoms with E-state index in [1.165, 1.54) is 0 Å². The number of nitrogens with zero attached hydrogens (tertiary/aromatic N) is 3. The van der Waals surface area contributed by atoms with Gasteiger partial charge in [0, 0.05) is 25.2 Å². The Labute approximate surface area is 101 Å². The van der Waals surface area contributed by atoms with Gasteiger partial charge in [-0.25, -0.2) is 9.97 Å². The number of aromatic nitrogens is 2. The smallest absolute Gasteiger partial charge is 0.140 e. The molecule has 0 radical (unpaired) electrons. The summed E-state index contributed by atoms with van der Waals surface area (Å²) in [7, 11) is 0. The summed E-state index contributed by atoms with van der Waals surface area (Å²) in [5.41, 5.74) is 6.42. The highest BCUT2D eigenvalue weighted by atomic mass is 16.4. The van der Waals surface area contributed by atoms with Gasteiger partial charge in [-0.2, -0.15) is 0 Å². The van der Waals surface area contributed by atoms with Crippen LogP contribution in [-0.4, -0.2) is 27.1 Å². The van der Waals surface area contributed by atoms with E-state index in [2.05, 4.69) is 20.4 Å². The Morgan fingerprint density at radius 2 is 2.41 bits per heavy atom. The van der Waals surface area contributed by atoms with Crippen molar-refractivity contribution >= 4 is 5.84 Å². The predicted octanol–water partition coefficient (Wildman–Crippen LogP) is 0.790. The fourth-order valence-electron chi connectivity index (χ4n) is 1.51. The van der Waals surface area contributed by atoms with Crippen LogP contribution in [0.5, 0.6) is 0 Å². The molecule has 1 aromatic heterocycles. The predicted molar refractivity (Wildman–Crippen MR) is 65.7 cm³/mol. The maximum atomic E-state index is 8.52. The molecular weight excluding hydrogens is 218 g/mol. The minimum Gasteiger partial charge on any atom is -0.409 e. The Kier molecular flexibility index (Phi) is 5.35. The molecule has 1 unspecified atom stereocenters. The molecule has 1 rings (SSSR count). The summed E-state index contributed by atoms with van der Waals surface area (Å²) < 4.78 is 0. The third-order valence-electron chi connectivity index (χ3n) is 2.48. The maximum absolute atomic E-state index is 8.52. The first-order valence-electron chi connectivity index (χ1n) is 5.64. The monoisotopic (exact) mass is 237 g/mol. The Morgan fingerprint density at radius 3 is 3.00 bits per heavy atom. The SMILES string of the molecule is CCC(CC(N)=NO)NCc1ccnc(C)n1. The molecule has 0 spiro atoms. The summed E-state index contributed by atoms with van der Waals surface area (Å²) in [6.45, 7) is 4.56. The zero-order chi connectivity index (χ0) is 12.7. The Balaban J connectivity index is 2.47. The molecule has 6 nitrogen and oxygen atoms in total. The number of rotatable bonds is 6. The van der Waals surface area contributed by atoms with Crippen molar-refractivity contribution in [3.63, 3.8) is 0 Å². The van der Waals surface area contributed by atoms with E-state index in [9.17, 15) is 0 Å². The van der Waals surface area contributed by atoms with Crippen molar-refractivity contribution < 1.29 is 5.21 Å². The highest BCUT2D eigenvalue weighted by Crippen LogP contribution is 2.01. The summed E-state index contributed by atoms with van der Waals surface area (Å²) in [5, 5.41) is 14.8. The van der Waals surface area contributed by atoms with Gasteiger partial charge in [0.1, 0.15) is 11.7 Å². The van der Waals surface area contributed by atoms with Crippen LogP contribution in [0.2, 0.25) is 0 Å². The van der Waals surface area contributed by atoms with Crippen LogP contribution in [0.3, 0.4) is 0 Å². The molecule has 17 heavy (non-hydrogen) atoms. The lowest BCUT2D eigenvalue weighted by Crippen LogP contribution is -2.33. The number of aryl methyl sites for hydroxylation is 1. The molecule has 0 saturated heterocycles. The summed E-state index contributed by atoms with van der Waals surface area (Å²) in [6.07, 6.45) is 3.17. The fraction of sp³-hybridized carbons (Fsp3) is 0.545. The Bertz CT molecular complexity index is 380. The zero-order valence-electron chi connectivity index (χ0n) is 10.2. The summed E-state index contributed by atoms with van der Waals surface area (Å²) in [6, 6.07) is 2.05. The second-order valence-corrected chi connectivity index (χ2v) is 3.88. The maximum Gasteiger partial charge on any atom is 0.140 e. The van der Waals surface area contributed by atoms with Crippen LogP contribution in [-0.2, 0) is 6.54 Å². The number of nitrogens with one attached hydrogen (secondary N) is 1. The van der Waals surface area contributed by atoms with Gasteiger partial charge in [0.2, 0.25) is 0 Å². The van der Waals surface area contributed by atoms with E-state index in [1.54, 1.807) is 6.20 Å². The highest BCUT2D eigenvalue weighted by molar-refractivity contribution is 5.80. The lowest BCUT2D eigenvalue weighted by atomic mass is 10.1. The quantitative estimate of drug-likeness (QED) is 0.294. The fourth-order valence-corrected chi connectivity index (χ4v) is 1.51. The van der Waals surface area contributed by atoms with Gasteiger partial charge in [0.15, 0.2) is 0 Å². The van der Waals surface area contributed by atoms with Crippen molar-refractivity contribution in [2.24, 2.45) is 10.9 Å². The highest BCUT2D eigenvalue weighted by Gasteiger charge is 2.08. The lowest BCUT2D eigenvalue weighted by molar-refractivity contribution is 0.315. The van der Waals surface area contributed by atoms with Crippen molar-refractivity contribution in [2.45, 2.75) is 39.3 Å². The second-order valence-electron chi connectivity index (χ2n) is 3.88. The van der Waals surface area contributed by atoms with Crippen molar-refractivity contribution in [1.82, 2.24) is 15.3 Å². The van der Waals surface area contributed by atoms with Crippen LogP contribution in [0, 0.1) is 6.92 Å². The van der Waals surface area contributed by atoms with E-state index in [0.717, 1.165) is 17.9 Å². The number of oxime groups is 1. The van der Waals surface area contributed by atoms with Crippen molar-refractivity contribution in [3.8, 4) is 0 Å². The molecule has 0 amide bonds. The van der Waals surface area contributed by atoms with E-state index in [4.69, 9.17) is 10.9 Å². The number of hydrogen-bond acceptors (Lipinski definition) is 5. The van der Waals surface area contributed by atoms with E-state index in [-0.39, 0.29) is 11.9 Å². The van der Waals surface area contributed by atoms with E-state index >= 15 is 0 Å². The van der Waals surface area contributed by atoms with E-state index in [1.807, 2.05) is 19.9 Å². The average Bonchev–Trinajstić information content (AvgIpc) is 2.34. The zero-order valence-corrected chi connectivity index (χ0v) is 10.2. The lowest BCUT2D eigenvalue weighted by Gasteiger charge is -2.15. The van der Waals surface area contributed by atoms with Crippen LogP contribution in [0.1, 0.15) is 31.3 Å². The van der Waals surface area contributed by atoms with Gasteiger partial charge in [-0.3, -0.25) is 0 Å². The van der Waals surface area contributed by atoms with Gasteiger partial charge in [-0.05, 0) is 19.4 Å². The normalized spacial score (nSPS) is 13.6. The molecule has 4 N–H and O–H groups in total. The minimum atomic E-state index is 0.182. The van der Waals surface area contributed by atoms with Crippen molar-refractivity contribution in [1.29, 1.82) is 0 Å². The molecule has 1 atom stereocenters. The Morgan fingerprint density at radius 1 is 1.65 bits per heavy atom. The van der Waals surface area contributed by atoms with Gasteiger partial charge in [-0.1, -0.05) is 12.1 Å². The standard InChI is InChI=1S/C11H19N5O/c1-3-9(6-11(12)16-17)14-7-10-4-5-13-8(2)15-10/h4-5,9,14,17H,3,6-7H2,1-2H3,(H2,12,16). The molecule has 1 heterocycles. The van der Waals surface area contributed by atoms with Crippen LogP contribution in [0.25, 0.3) is 0 Å². The van der Waals surface area contributed by atoms with Gasteiger partial charge in [0.05, 0.1) is 5.69 Å². The molecule has 94 valence electrons. The topological polar surface area (TPSA) is 96.4 Å². The number of hydrogen-bond donors (Lipinski definition) is 3.